The van der Waals surface area contributed by atoms with Crippen molar-refractivity contribution in [1.29, 1.82) is 0 Å². The van der Waals surface area contributed by atoms with Crippen molar-refractivity contribution in [2.75, 3.05) is 32.8 Å². The van der Waals surface area contributed by atoms with E-state index in [1.165, 1.54) is 0 Å². The first kappa shape index (κ1) is 11.9. The second kappa shape index (κ2) is 6.36. The molecule has 6 heteroatoms. The molecular weight excluding hydrogens is 198 g/mol. The predicted molar refractivity (Wildman–Crippen MR) is 54.2 cm³/mol. The first-order chi connectivity index (χ1) is 7.18. The number of nitrogens with zero attached hydrogens (tertiary/aromatic N) is 1. The molecule has 1 saturated heterocycles. The highest BCUT2D eigenvalue weighted by atomic mass is 16.5. The number of primary amides is 1. The molecule has 0 aliphatic carbocycles. The molecule has 86 valence electrons. The topological polar surface area (TPSA) is 84.7 Å². The van der Waals surface area contributed by atoms with E-state index in [4.69, 9.17) is 10.5 Å². The Bertz CT molecular complexity index is 225. The van der Waals surface area contributed by atoms with Gasteiger partial charge in [0.15, 0.2) is 0 Å². The van der Waals surface area contributed by atoms with Crippen LogP contribution in [0.2, 0.25) is 0 Å². The molecule has 6 nitrogen and oxygen atoms in total. The van der Waals surface area contributed by atoms with Crippen LogP contribution in [0.1, 0.15) is 12.8 Å². The molecule has 0 radical (unpaired) electrons. The highest BCUT2D eigenvalue weighted by Crippen LogP contribution is 1.99. The molecule has 1 heterocycles. The second-order valence-corrected chi connectivity index (χ2v) is 3.47. The van der Waals surface area contributed by atoms with Gasteiger partial charge in [-0.2, -0.15) is 0 Å². The van der Waals surface area contributed by atoms with E-state index in [9.17, 15) is 9.59 Å². The second-order valence-electron chi connectivity index (χ2n) is 3.47. The summed E-state index contributed by atoms with van der Waals surface area (Å²) in [6, 6.07) is -0.792. The van der Waals surface area contributed by atoms with Gasteiger partial charge in [-0.15, -0.1) is 0 Å². The summed E-state index contributed by atoms with van der Waals surface area (Å²) < 4.78 is 5.28. The Morgan fingerprint density at radius 3 is 2.87 bits per heavy atom. The first-order valence-corrected chi connectivity index (χ1v) is 5.08. The minimum atomic E-state index is -0.792. The van der Waals surface area contributed by atoms with Gasteiger partial charge < -0.3 is 15.4 Å². The number of carbonyl (C=O) groups is 2. The van der Waals surface area contributed by atoms with Gasteiger partial charge in [0.25, 0.3) is 0 Å². The third-order valence-corrected chi connectivity index (χ3v) is 2.23. The molecule has 0 atom stereocenters. The van der Waals surface area contributed by atoms with Crippen molar-refractivity contribution in [1.82, 2.24) is 10.2 Å². The van der Waals surface area contributed by atoms with E-state index in [1.54, 1.807) is 0 Å². The molecular formula is C9H17N3O3. The van der Waals surface area contributed by atoms with Crippen molar-refractivity contribution in [2.24, 2.45) is 5.73 Å². The molecule has 0 bridgehead atoms. The molecule has 1 aliphatic rings. The largest absolute Gasteiger partial charge is 0.380 e. The number of carbonyl (C=O) groups excluding carboxylic acids is 2. The van der Waals surface area contributed by atoms with Crippen molar-refractivity contribution in [3.8, 4) is 0 Å². The average Bonchev–Trinajstić information content (AvgIpc) is 2.41. The summed E-state index contributed by atoms with van der Waals surface area (Å²) in [6.45, 7) is 3.90. The SMILES string of the molecule is NC(=O)NC(=O)CCN1CCCOCC1. The Balaban J connectivity index is 2.17. The van der Waals surface area contributed by atoms with Gasteiger partial charge in [0, 0.05) is 32.7 Å². The highest BCUT2D eigenvalue weighted by molar-refractivity contribution is 5.93. The third-order valence-electron chi connectivity index (χ3n) is 2.23. The fourth-order valence-electron chi connectivity index (χ4n) is 1.48. The van der Waals surface area contributed by atoms with Crippen LogP contribution in [0.4, 0.5) is 4.79 Å². The van der Waals surface area contributed by atoms with Crippen molar-refractivity contribution >= 4 is 11.9 Å². The number of ether oxygens (including phenoxy) is 1. The standard InChI is InChI=1S/C9H17N3O3/c10-9(14)11-8(13)2-4-12-3-1-6-15-7-5-12/h1-7H2,(H3,10,11,13,14). The predicted octanol–water partition coefficient (Wildman–Crippen LogP) is -0.706. The molecule has 1 fully saturated rings. The molecule has 0 saturated carbocycles. The number of urea groups is 1. The lowest BCUT2D eigenvalue weighted by Crippen LogP contribution is -2.37. The van der Waals surface area contributed by atoms with Gasteiger partial charge >= 0.3 is 6.03 Å². The van der Waals surface area contributed by atoms with E-state index in [1.807, 2.05) is 5.32 Å². The molecule has 1 rings (SSSR count). The van der Waals surface area contributed by atoms with E-state index in [2.05, 4.69) is 4.90 Å². The summed E-state index contributed by atoms with van der Waals surface area (Å²) in [6.07, 6.45) is 1.28. The molecule has 3 amide bonds. The van der Waals surface area contributed by atoms with Crippen molar-refractivity contribution in [3.63, 3.8) is 0 Å². The number of amides is 3. The number of hydrogen-bond acceptors (Lipinski definition) is 4. The Kier molecular flexibility index (Phi) is 5.06. The highest BCUT2D eigenvalue weighted by Gasteiger charge is 2.11. The van der Waals surface area contributed by atoms with Crippen LogP contribution in [0.15, 0.2) is 0 Å². The Morgan fingerprint density at radius 1 is 1.33 bits per heavy atom. The van der Waals surface area contributed by atoms with E-state index in [-0.39, 0.29) is 5.91 Å². The van der Waals surface area contributed by atoms with E-state index >= 15 is 0 Å². The molecule has 0 aromatic heterocycles. The van der Waals surface area contributed by atoms with Crippen LogP contribution >= 0.6 is 0 Å². The van der Waals surface area contributed by atoms with Gasteiger partial charge in [-0.25, -0.2) is 4.79 Å². The van der Waals surface area contributed by atoms with Crippen LogP contribution < -0.4 is 11.1 Å². The fourth-order valence-corrected chi connectivity index (χ4v) is 1.48. The van der Waals surface area contributed by atoms with Crippen molar-refractivity contribution < 1.29 is 14.3 Å². The average molecular weight is 215 g/mol. The normalized spacial score (nSPS) is 18.1. The maximum Gasteiger partial charge on any atom is 0.318 e. The van der Waals surface area contributed by atoms with E-state index in [0.29, 0.717) is 19.6 Å². The summed E-state index contributed by atoms with van der Waals surface area (Å²) in [5.41, 5.74) is 4.82. The monoisotopic (exact) mass is 215 g/mol. The minimum Gasteiger partial charge on any atom is -0.380 e. The summed E-state index contributed by atoms with van der Waals surface area (Å²) in [4.78, 5) is 23.6. The lowest BCUT2D eigenvalue weighted by Gasteiger charge is -2.17. The quantitative estimate of drug-likeness (QED) is 0.651. The molecule has 0 aromatic rings. The van der Waals surface area contributed by atoms with Crippen LogP contribution in [-0.2, 0) is 9.53 Å². The van der Waals surface area contributed by atoms with Crippen LogP contribution in [0, 0.1) is 0 Å². The van der Waals surface area contributed by atoms with Gasteiger partial charge in [-0.05, 0) is 6.42 Å². The van der Waals surface area contributed by atoms with Gasteiger partial charge in [0.1, 0.15) is 0 Å². The lowest BCUT2D eigenvalue weighted by molar-refractivity contribution is -0.120. The lowest BCUT2D eigenvalue weighted by atomic mass is 10.3. The van der Waals surface area contributed by atoms with Gasteiger partial charge in [0.05, 0.1) is 6.61 Å². The van der Waals surface area contributed by atoms with Crippen LogP contribution in [0.3, 0.4) is 0 Å². The Labute approximate surface area is 88.7 Å². The maximum absolute atomic E-state index is 11.1. The van der Waals surface area contributed by atoms with Crippen LogP contribution in [0.25, 0.3) is 0 Å². The Morgan fingerprint density at radius 2 is 2.13 bits per heavy atom. The molecule has 15 heavy (non-hydrogen) atoms. The Hall–Kier alpha value is -1.14. The maximum atomic E-state index is 11.1. The van der Waals surface area contributed by atoms with Gasteiger partial charge in [-0.3, -0.25) is 10.1 Å². The van der Waals surface area contributed by atoms with Gasteiger partial charge in [-0.1, -0.05) is 0 Å². The summed E-state index contributed by atoms with van der Waals surface area (Å²) in [7, 11) is 0. The number of imide groups is 1. The summed E-state index contributed by atoms with van der Waals surface area (Å²) >= 11 is 0. The number of hydrogen-bond donors (Lipinski definition) is 2. The zero-order valence-electron chi connectivity index (χ0n) is 8.70. The number of nitrogens with one attached hydrogen (secondary N) is 1. The molecule has 0 aromatic carbocycles. The molecule has 0 spiro atoms. The van der Waals surface area contributed by atoms with Crippen LogP contribution in [0.5, 0.6) is 0 Å². The first-order valence-electron chi connectivity index (χ1n) is 5.08. The van der Waals surface area contributed by atoms with Crippen molar-refractivity contribution in [3.05, 3.63) is 0 Å². The van der Waals surface area contributed by atoms with Crippen LogP contribution in [-0.4, -0.2) is 49.7 Å². The zero-order valence-corrected chi connectivity index (χ0v) is 8.70. The van der Waals surface area contributed by atoms with Gasteiger partial charge in [0.2, 0.25) is 5.91 Å². The minimum absolute atomic E-state index is 0.295. The fraction of sp³-hybridized carbons (Fsp3) is 0.778. The summed E-state index contributed by atoms with van der Waals surface area (Å²) in [5, 5.41) is 2.04. The molecule has 3 N–H and O–H groups in total. The number of nitrogens with two attached hydrogens (primary N) is 1. The smallest absolute Gasteiger partial charge is 0.318 e. The zero-order chi connectivity index (χ0) is 11.1. The third kappa shape index (κ3) is 5.34. The molecule has 1 aliphatic heterocycles. The van der Waals surface area contributed by atoms with E-state index in [0.717, 1.165) is 26.1 Å². The number of rotatable bonds is 3. The molecule has 0 unspecified atom stereocenters. The summed E-state index contributed by atoms with van der Waals surface area (Å²) in [5.74, 6) is -0.326. The van der Waals surface area contributed by atoms with E-state index < -0.39 is 6.03 Å². The van der Waals surface area contributed by atoms with Crippen molar-refractivity contribution in [2.45, 2.75) is 12.8 Å².